The zero-order valence-electron chi connectivity index (χ0n) is 14.0. The van der Waals surface area contributed by atoms with Crippen LogP contribution in [-0.2, 0) is 6.54 Å². The number of halogens is 2. The first-order valence-electron chi connectivity index (χ1n) is 8.32. The summed E-state index contributed by atoms with van der Waals surface area (Å²) in [4.78, 5) is 2.14. The average Bonchev–Trinajstić information content (AvgIpc) is 3.08. The van der Waals surface area contributed by atoms with Gasteiger partial charge in [0.05, 0.1) is 18.3 Å². The summed E-state index contributed by atoms with van der Waals surface area (Å²) in [7, 11) is 0. The van der Waals surface area contributed by atoms with Crippen molar-refractivity contribution in [3.8, 4) is 0 Å². The van der Waals surface area contributed by atoms with Crippen LogP contribution in [0.15, 0.2) is 24.3 Å². The van der Waals surface area contributed by atoms with Crippen LogP contribution in [0.3, 0.4) is 0 Å². The van der Waals surface area contributed by atoms with Crippen molar-refractivity contribution in [1.82, 2.24) is 14.7 Å². The molecule has 1 fully saturated rings. The maximum absolute atomic E-state index is 13.8. The van der Waals surface area contributed by atoms with E-state index in [-0.39, 0.29) is 11.6 Å². The van der Waals surface area contributed by atoms with Gasteiger partial charge < -0.3 is 5.11 Å². The minimum absolute atomic E-state index is 0.0202. The number of nitrogens with zero attached hydrogens (tertiary/aromatic N) is 3. The molecule has 4 nitrogen and oxygen atoms in total. The smallest absolute Gasteiger partial charge is 0.129 e. The maximum Gasteiger partial charge on any atom is 0.129 e. The molecule has 130 valence electrons. The van der Waals surface area contributed by atoms with Gasteiger partial charge >= 0.3 is 0 Å². The van der Waals surface area contributed by atoms with Crippen LogP contribution >= 0.6 is 0 Å². The van der Waals surface area contributed by atoms with Gasteiger partial charge in [-0.15, -0.1) is 0 Å². The number of rotatable bonds is 5. The quantitative estimate of drug-likeness (QED) is 0.913. The lowest BCUT2D eigenvalue weighted by molar-refractivity contribution is 0.0973. The molecule has 2 atom stereocenters. The number of aliphatic hydroxyl groups is 1. The Hall–Kier alpha value is -1.79. The highest BCUT2D eigenvalue weighted by Gasteiger charge is 2.28. The second-order valence-corrected chi connectivity index (χ2v) is 6.58. The van der Waals surface area contributed by atoms with Crippen LogP contribution in [0.4, 0.5) is 8.78 Å². The summed E-state index contributed by atoms with van der Waals surface area (Å²) >= 11 is 0. The van der Waals surface area contributed by atoms with Crippen molar-refractivity contribution in [3.63, 3.8) is 0 Å². The third kappa shape index (κ3) is 3.65. The SMILES string of the molecule is Cc1cc(C)n(CC2CCCN2CC(O)c2cc(F)ccc2F)n1. The molecule has 1 aromatic heterocycles. The lowest BCUT2D eigenvalue weighted by Gasteiger charge is -2.27. The molecular formula is C18H23F2N3O. The summed E-state index contributed by atoms with van der Waals surface area (Å²) in [6, 6.07) is 5.48. The summed E-state index contributed by atoms with van der Waals surface area (Å²) in [5.74, 6) is -1.11. The minimum Gasteiger partial charge on any atom is -0.387 e. The largest absolute Gasteiger partial charge is 0.387 e. The predicted molar refractivity (Wildman–Crippen MR) is 87.6 cm³/mol. The van der Waals surface area contributed by atoms with Gasteiger partial charge in [0.2, 0.25) is 0 Å². The molecule has 2 unspecified atom stereocenters. The summed E-state index contributed by atoms with van der Waals surface area (Å²) in [5, 5.41) is 14.8. The van der Waals surface area contributed by atoms with Crippen molar-refractivity contribution in [3.05, 3.63) is 52.9 Å². The topological polar surface area (TPSA) is 41.3 Å². The fourth-order valence-corrected chi connectivity index (χ4v) is 3.49. The molecule has 0 aliphatic carbocycles. The van der Waals surface area contributed by atoms with E-state index in [2.05, 4.69) is 10.00 Å². The number of β-amino-alcohol motifs (C(OH)–C–C–N with tert-alkyl or cyclic N) is 1. The highest BCUT2D eigenvalue weighted by molar-refractivity contribution is 5.21. The first kappa shape index (κ1) is 17.0. The maximum atomic E-state index is 13.8. The number of benzene rings is 1. The summed E-state index contributed by atoms with van der Waals surface area (Å²) < 4.78 is 29.1. The molecule has 0 spiro atoms. The molecular weight excluding hydrogens is 312 g/mol. The van der Waals surface area contributed by atoms with Gasteiger partial charge in [0.1, 0.15) is 11.6 Å². The van der Waals surface area contributed by atoms with Crippen LogP contribution in [0, 0.1) is 25.5 Å². The van der Waals surface area contributed by atoms with Crippen LogP contribution < -0.4 is 0 Å². The molecule has 0 amide bonds. The minimum atomic E-state index is -1.04. The predicted octanol–water partition coefficient (Wildman–Crippen LogP) is 2.98. The fraction of sp³-hybridized carbons (Fsp3) is 0.500. The number of aryl methyl sites for hydroxylation is 2. The molecule has 1 saturated heterocycles. The van der Waals surface area contributed by atoms with Gasteiger partial charge in [-0.3, -0.25) is 9.58 Å². The Kier molecular flexibility index (Phi) is 4.96. The number of aromatic nitrogens is 2. The molecule has 3 rings (SSSR count). The first-order chi connectivity index (χ1) is 11.4. The van der Waals surface area contributed by atoms with Crippen molar-refractivity contribution in [2.24, 2.45) is 0 Å². The lowest BCUT2D eigenvalue weighted by atomic mass is 10.1. The van der Waals surface area contributed by atoms with Gasteiger partial charge in [0.25, 0.3) is 0 Å². The highest BCUT2D eigenvalue weighted by atomic mass is 19.1. The highest BCUT2D eigenvalue weighted by Crippen LogP contribution is 2.25. The van der Waals surface area contributed by atoms with E-state index >= 15 is 0 Å². The van der Waals surface area contributed by atoms with E-state index in [4.69, 9.17) is 0 Å². The number of likely N-dealkylation sites (tertiary alicyclic amines) is 1. The Morgan fingerprint density at radius 2 is 2.08 bits per heavy atom. The fourth-order valence-electron chi connectivity index (χ4n) is 3.49. The Morgan fingerprint density at radius 1 is 1.29 bits per heavy atom. The molecule has 1 aliphatic rings. The van der Waals surface area contributed by atoms with Crippen molar-refractivity contribution < 1.29 is 13.9 Å². The van der Waals surface area contributed by atoms with Crippen LogP contribution in [0.25, 0.3) is 0 Å². The van der Waals surface area contributed by atoms with Gasteiger partial charge in [-0.05, 0) is 57.5 Å². The van der Waals surface area contributed by atoms with E-state index in [1.54, 1.807) is 0 Å². The van der Waals surface area contributed by atoms with Gasteiger partial charge in [-0.2, -0.15) is 5.10 Å². The second kappa shape index (κ2) is 6.99. The van der Waals surface area contributed by atoms with Crippen LogP contribution in [0.1, 0.15) is 35.9 Å². The lowest BCUT2D eigenvalue weighted by Crippen LogP contribution is -2.36. The van der Waals surface area contributed by atoms with Crippen LogP contribution in [0.5, 0.6) is 0 Å². The molecule has 0 bridgehead atoms. The second-order valence-electron chi connectivity index (χ2n) is 6.58. The van der Waals surface area contributed by atoms with Gasteiger partial charge in [-0.25, -0.2) is 8.78 Å². The van der Waals surface area contributed by atoms with Crippen LogP contribution in [0.2, 0.25) is 0 Å². The van der Waals surface area contributed by atoms with Crippen molar-refractivity contribution >= 4 is 0 Å². The number of hydrogen-bond donors (Lipinski definition) is 1. The molecule has 6 heteroatoms. The third-order valence-corrected chi connectivity index (χ3v) is 4.71. The van der Waals surface area contributed by atoms with Gasteiger partial charge in [-0.1, -0.05) is 0 Å². The molecule has 0 saturated carbocycles. The molecule has 1 aromatic carbocycles. The van der Waals surface area contributed by atoms with Crippen molar-refractivity contribution in [2.75, 3.05) is 13.1 Å². The van der Waals surface area contributed by atoms with Crippen LogP contribution in [-0.4, -0.2) is 38.9 Å². The van der Waals surface area contributed by atoms with E-state index in [1.807, 2.05) is 24.6 Å². The monoisotopic (exact) mass is 335 g/mol. The Labute approximate surface area is 140 Å². The van der Waals surface area contributed by atoms with Gasteiger partial charge in [0, 0.05) is 23.8 Å². The summed E-state index contributed by atoms with van der Waals surface area (Å²) in [6.45, 7) is 5.88. The Morgan fingerprint density at radius 3 is 2.79 bits per heavy atom. The van der Waals surface area contributed by atoms with Gasteiger partial charge in [0.15, 0.2) is 0 Å². The summed E-state index contributed by atoms with van der Waals surface area (Å²) in [6.07, 6.45) is 1.00. The molecule has 1 aliphatic heterocycles. The van der Waals surface area contributed by atoms with E-state index < -0.39 is 17.7 Å². The third-order valence-electron chi connectivity index (χ3n) is 4.71. The molecule has 24 heavy (non-hydrogen) atoms. The zero-order chi connectivity index (χ0) is 17.3. The molecule has 2 aromatic rings. The normalized spacial score (nSPS) is 19.8. The van der Waals surface area contributed by atoms with E-state index in [0.717, 1.165) is 55.5 Å². The van der Waals surface area contributed by atoms with Crippen molar-refractivity contribution in [1.29, 1.82) is 0 Å². The molecule has 1 N–H and O–H groups in total. The Balaban J connectivity index is 1.69. The zero-order valence-corrected chi connectivity index (χ0v) is 14.0. The van der Waals surface area contributed by atoms with E-state index in [9.17, 15) is 13.9 Å². The Bertz CT molecular complexity index is 716. The molecule has 2 heterocycles. The average molecular weight is 335 g/mol. The van der Waals surface area contributed by atoms with E-state index in [0.29, 0.717) is 6.54 Å². The van der Waals surface area contributed by atoms with Crippen molar-refractivity contribution in [2.45, 2.75) is 45.4 Å². The van der Waals surface area contributed by atoms with E-state index in [1.165, 1.54) is 0 Å². The number of hydrogen-bond acceptors (Lipinski definition) is 3. The number of aliphatic hydroxyl groups excluding tert-OH is 1. The molecule has 0 radical (unpaired) electrons. The summed E-state index contributed by atoms with van der Waals surface area (Å²) in [5.41, 5.74) is 2.11. The first-order valence-corrected chi connectivity index (χ1v) is 8.32. The standard InChI is InChI=1S/C18H23F2N3O/c1-12-8-13(2)23(21-12)10-15-4-3-7-22(15)11-18(24)16-9-14(19)5-6-17(16)20/h5-6,8-9,15,18,24H,3-4,7,10-11H2,1-2H3.